The fourth-order valence-corrected chi connectivity index (χ4v) is 3.66. The van der Waals surface area contributed by atoms with Gasteiger partial charge in [-0.3, -0.25) is 9.59 Å². The Balaban J connectivity index is 1.43. The normalized spacial score (nSPS) is 20.8. The predicted molar refractivity (Wildman–Crippen MR) is 112 cm³/mol. The van der Waals surface area contributed by atoms with Crippen molar-refractivity contribution in [2.24, 2.45) is 0 Å². The van der Waals surface area contributed by atoms with Crippen LogP contribution >= 0.6 is 0 Å². The summed E-state index contributed by atoms with van der Waals surface area (Å²) in [6, 6.07) is 10.7. The topological polar surface area (TPSA) is 123 Å². The highest BCUT2D eigenvalue weighted by atomic mass is 16.5. The fraction of sp³-hybridized carbons (Fsp3) is 0.261. The van der Waals surface area contributed by atoms with Crippen LogP contribution in [-0.4, -0.2) is 65.2 Å². The number of carboxylic acid groups (broad SMARTS) is 1. The predicted octanol–water partition coefficient (Wildman–Crippen LogP) is 1.74. The minimum atomic E-state index is -1.17. The van der Waals surface area contributed by atoms with Crippen LogP contribution in [0.15, 0.2) is 48.2 Å². The van der Waals surface area contributed by atoms with Gasteiger partial charge in [0.2, 0.25) is 5.78 Å². The molecule has 9 heteroatoms. The SMILES string of the molecule is COc1ccc(/C=C2\Oc3cc(OCC(=O)N4C[C@H](O)C[C@H]4C(=O)O)ccc3C2=O)cc1. The molecule has 2 aromatic carbocycles. The number of hydrogen-bond acceptors (Lipinski definition) is 7. The van der Waals surface area contributed by atoms with Gasteiger partial charge in [0.05, 0.1) is 18.8 Å². The zero-order valence-corrected chi connectivity index (χ0v) is 17.2. The number of ether oxygens (including phenoxy) is 3. The second-order valence-electron chi connectivity index (χ2n) is 7.45. The second kappa shape index (κ2) is 8.72. The number of amides is 1. The molecule has 2 N–H and O–H groups in total. The van der Waals surface area contributed by atoms with E-state index in [9.17, 15) is 24.6 Å². The number of nitrogens with zero attached hydrogens (tertiary/aromatic N) is 1. The molecule has 0 unspecified atom stereocenters. The molecule has 1 fully saturated rings. The Kier molecular flexibility index (Phi) is 5.83. The number of aliphatic carboxylic acids is 1. The summed E-state index contributed by atoms with van der Waals surface area (Å²) >= 11 is 0. The maximum Gasteiger partial charge on any atom is 0.326 e. The van der Waals surface area contributed by atoms with Gasteiger partial charge in [-0.2, -0.15) is 0 Å². The van der Waals surface area contributed by atoms with Crippen LogP contribution in [0.2, 0.25) is 0 Å². The Morgan fingerprint density at radius 2 is 1.91 bits per heavy atom. The molecular weight excluding hydrogens is 418 g/mol. The van der Waals surface area contributed by atoms with Gasteiger partial charge in [0.15, 0.2) is 12.4 Å². The van der Waals surface area contributed by atoms with Crippen LogP contribution in [0.5, 0.6) is 17.2 Å². The van der Waals surface area contributed by atoms with Crippen LogP contribution < -0.4 is 14.2 Å². The number of benzene rings is 2. The molecule has 2 heterocycles. The molecule has 2 aromatic rings. The Hall–Kier alpha value is -3.85. The van der Waals surface area contributed by atoms with Crippen molar-refractivity contribution >= 4 is 23.7 Å². The van der Waals surface area contributed by atoms with Crippen molar-refractivity contribution in [1.82, 2.24) is 4.90 Å². The zero-order chi connectivity index (χ0) is 22.8. The number of ketones is 1. The smallest absolute Gasteiger partial charge is 0.326 e. The first-order valence-electron chi connectivity index (χ1n) is 9.91. The molecule has 166 valence electrons. The molecule has 4 rings (SSSR count). The number of β-amino-alcohol motifs (C(OH)–C–C–N with tert-alkyl or cyclic N) is 1. The lowest BCUT2D eigenvalue weighted by molar-refractivity contribution is -0.148. The first kappa shape index (κ1) is 21.4. The van der Waals surface area contributed by atoms with Gasteiger partial charge in [-0.25, -0.2) is 4.79 Å². The quantitative estimate of drug-likeness (QED) is 0.653. The minimum Gasteiger partial charge on any atom is -0.497 e. The highest BCUT2D eigenvalue weighted by molar-refractivity contribution is 6.14. The second-order valence-corrected chi connectivity index (χ2v) is 7.45. The van der Waals surface area contributed by atoms with Crippen molar-refractivity contribution in [3.8, 4) is 17.2 Å². The summed E-state index contributed by atoms with van der Waals surface area (Å²) in [7, 11) is 1.57. The molecule has 0 aliphatic carbocycles. The molecule has 2 aliphatic rings. The van der Waals surface area contributed by atoms with Crippen molar-refractivity contribution in [2.75, 3.05) is 20.3 Å². The molecular formula is C23H21NO8. The number of allylic oxidation sites excluding steroid dienone is 1. The molecule has 0 saturated carbocycles. The van der Waals surface area contributed by atoms with Crippen LogP contribution in [0.25, 0.3) is 6.08 Å². The lowest BCUT2D eigenvalue weighted by Gasteiger charge is -2.21. The van der Waals surface area contributed by atoms with E-state index in [2.05, 4.69) is 0 Å². The zero-order valence-electron chi connectivity index (χ0n) is 17.2. The van der Waals surface area contributed by atoms with E-state index in [4.69, 9.17) is 14.2 Å². The molecule has 32 heavy (non-hydrogen) atoms. The van der Waals surface area contributed by atoms with Crippen LogP contribution in [-0.2, 0) is 9.59 Å². The number of likely N-dealkylation sites (tertiary alicyclic amines) is 1. The maximum absolute atomic E-state index is 12.6. The number of carbonyl (C=O) groups excluding carboxylic acids is 2. The van der Waals surface area contributed by atoms with Gasteiger partial charge >= 0.3 is 5.97 Å². The van der Waals surface area contributed by atoms with E-state index >= 15 is 0 Å². The van der Waals surface area contributed by atoms with Gasteiger partial charge in [-0.15, -0.1) is 0 Å². The highest BCUT2D eigenvalue weighted by Gasteiger charge is 2.39. The average molecular weight is 439 g/mol. The summed E-state index contributed by atoms with van der Waals surface area (Å²) in [6.07, 6.45) is 0.728. The Morgan fingerprint density at radius 1 is 1.19 bits per heavy atom. The van der Waals surface area contributed by atoms with E-state index in [-0.39, 0.29) is 24.5 Å². The number of hydrogen-bond donors (Lipinski definition) is 2. The molecule has 2 atom stereocenters. The van der Waals surface area contributed by atoms with Crippen molar-refractivity contribution in [1.29, 1.82) is 0 Å². The molecule has 0 bridgehead atoms. The summed E-state index contributed by atoms with van der Waals surface area (Å²) in [5, 5.41) is 18.9. The van der Waals surface area contributed by atoms with E-state index in [0.717, 1.165) is 10.5 Å². The van der Waals surface area contributed by atoms with Gasteiger partial charge in [-0.05, 0) is 35.9 Å². The number of methoxy groups -OCH3 is 1. The number of Topliss-reactive ketones (excluding diaryl/α,β-unsaturated/α-hetero) is 1. The standard InChI is InChI=1S/C23H21NO8/c1-30-15-4-2-13(3-5-15)8-20-22(27)17-7-6-16(10-19(17)32-20)31-12-21(26)24-11-14(25)9-18(24)23(28)29/h2-8,10,14,18,25H,9,11-12H2,1H3,(H,28,29)/b20-8-/t14-,18+/m1/s1. The average Bonchev–Trinajstić information content (AvgIpc) is 3.32. The van der Waals surface area contributed by atoms with Crippen molar-refractivity contribution in [3.63, 3.8) is 0 Å². The largest absolute Gasteiger partial charge is 0.497 e. The Morgan fingerprint density at radius 3 is 2.59 bits per heavy atom. The summed E-state index contributed by atoms with van der Waals surface area (Å²) in [5.74, 6) is -0.532. The lowest BCUT2D eigenvalue weighted by Crippen LogP contribution is -2.42. The van der Waals surface area contributed by atoms with Crippen LogP contribution in [0.1, 0.15) is 22.3 Å². The third-order valence-corrected chi connectivity index (χ3v) is 5.30. The molecule has 1 saturated heterocycles. The van der Waals surface area contributed by atoms with Crippen molar-refractivity contribution in [2.45, 2.75) is 18.6 Å². The Bertz CT molecular complexity index is 1090. The Labute approximate surface area is 183 Å². The van der Waals surface area contributed by atoms with E-state index in [1.165, 1.54) is 12.1 Å². The first-order chi connectivity index (χ1) is 15.4. The molecule has 0 radical (unpaired) electrons. The van der Waals surface area contributed by atoms with Crippen LogP contribution in [0.3, 0.4) is 0 Å². The van der Waals surface area contributed by atoms with Crippen molar-refractivity contribution < 1.29 is 38.8 Å². The minimum absolute atomic E-state index is 0.0147. The van der Waals surface area contributed by atoms with Crippen LogP contribution in [0.4, 0.5) is 0 Å². The molecule has 0 aromatic heterocycles. The third-order valence-electron chi connectivity index (χ3n) is 5.30. The molecule has 1 amide bonds. The lowest BCUT2D eigenvalue weighted by atomic mass is 10.1. The third kappa shape index (κ3) is 4.28. The number of aliphatic hydroxyl groups excluding tert-OH is 1. The number of fused-ring (bicyclic) bond motifs is 1. The van der Waals surface area contributed by atoms with Gasteiger partial charge in [-0.1, -0.05) is 12.1 Å². The van der Waals surface area contributed by atoms with Crippen LogP contribution in [0, 0.1) is 0 Å². The molecule has 0 spiro atoms. The van der Waals surface area contributed by atoms with E-state index in [0.29, 0.717) is 22.8 Å². The first-order valence-corrected chi connectivity index (χ1v) is 9.91. The number of rotatable bonds is 6. The molecule has 2 aliphatic heterocycles. The maximum atomic E-state index is 12.6. The summed E-state index contributed by atoms with van der Waals surface area (Å²) in [5.41, 5.74) is 1.14. The van der Waals surface area contributed by atoms with Gasteiger partial charge < -0.3 is 29.3 Å². The van der Waals surface area contributed by atoms with E-state index in [1.807, 2.05) is 0 Å². The van der Waals surface area contributed by atoms with E-state index < -0.39 is 30.6 Å². The summed E-state index contributed by atoms with van der Waals surface area (Å²) in [4.78, 5) is 37.4. The number of carbonyl (C=O) groups is 3. The van der Waals surface area contributed by atoms with Gasteiger partial charge in [0, 0.05) is 19.0 Å². The van der Waals surface area contributed by atoms with E-state index in [1.54, 1.807) is 43.5 Å². The number of carboxylic acids is 1. The van der Waals surface area contributed by atoms with Gasteiger partial charge in [0.1, 0.15) is 23.3 Å². The van der Waals surface area contributed by atoms with Gasteiger partial charge in [0.25, 0.3) is 5.91 Å². The summed E-state index contributed by atoms with van der Waals surface area (Å²) < 4.78 is 16.3. The number of aliphatic hydroxyl groups is 1. The monoisotopic (exact) mass is 439 g/mol. The fourth-order valence-electron chi connectivity index (χ4n) is 3.66. The molecule has 9 nitrogen and oxygen atoms in total. The highest BCUT2D eigenvalue weighted by Crippen LogP contribution is 2.35. The summed E-state index contributed by atoms with van der Waals surface area (Å²) in [6.45, 7) is -0.460. The van der Waals surface area contributed by atoms with Crippen molar-refractivity contribution in [3.05, 3.63) is 59.4 Å².